The van der Waals surface area contributed by atoms with Gasteiger partial charge in [-0.2, -0.15) is 0 Å². The molecule has 1 aliphatic carbocycles. The number of carbonyl (C=O) groups is 2. The van der Waals surface area contributed by atoms with E-state index in [-0.39, 0.29) is 22.6 Å². The fraction of sp³-hybridized carbons (Fsp3) is 0.130. The molecule has 0 bridgehead atoms. The average Bonchev–Trinajstić information content (AvgIpc) is 3.33. The summed E-state index contributed by atoms with van der Waals surface area (Å²) in [6.45, 7) is 11.8. The summed E-state index contributed by atoms with van der Waals surface area (Å²) >= 11 is 0. The third-order valence-electron chi connectivity index (χ3n) is 10.8. The number of fused-ring (bicyclic) bond motifs is 7. The lowest BCUT2D eigenvalue weighted by molar-refractivity contribution is 0.0990. The van der Waals surface area contributed by atoms with Crippen LogP contribution >= 0.6 is 0 Å². The number of hydrogen-bond acceptors (Lipinski definition) is 3. The number of nitrogens with zero attached hydrogens (tertiary/aromatic N) is 1. The molecule has 2 aliphatic rings. The number of rotatable bonds is 3. The lowest BCUT2D eigenvalue weighted by atomic mass is 9.71. The molecule has 0 radical (unpaired) electrons. The second-order valence-corrected chi connectivity index (χ2v) is 20.5. The lowest BCUT2D eigenvalue weighted by Gasteiger charge is -2.42. The number of carbonyl (C=O) groups excluding carboxylic acids is 2. The van der Waals surface area contributed by atoms with E-state index in [4.69, 9.17) is 0 Å². The minimum atomic E-state index is -1.43. The molecular weight excluding hydrogens is 627 g/mol. The summed E-state index contributed by atoms with van der Waals surface area (Å²) < 4.78 is 0. The van der Waals surface area contributed by atoms with Gasteiger partial charge < -0.3 is 4.90 Å². The summed E-state index contributed by atoms with van der Waals surface area (Å²) in [5.74, 6) is -0.413. The van der Waals surface area contributed by atoms with Crippen molar-refractivity contribution in [1.29, 1.82) is 0 Å². The van der Waals surface area contributed by atoms with Crippen LogP contribution in [0.25, 0.3) is 38.4 Å². The smallest absolute Gasteiger partial charge is 0.197 e. The van der Waals surface area contributed by atoms with Crippen LogP contribution in [0.15, 0.2) is 133 Å². The van der Waals surface area contributed by atoms with Crippen molar-refractivity contribution in [3.8, 4) is 0 Å². The van der Waals surface area contributed by atoms with E-state index in [1.165, 1.54) is 32.8 Å². The molecule has 1 heterocycles. The predicted molar refractivity (Wildman–Crippen MR) is 212 cm³/mol. The summed E-state index contributed by atoms with van der Waals surface area (Å²) in [5, 5.41) is 8.13. The number of benzene rings is 7. The Morgan fingerprint density at radius 2 is 1.20 bits per heavy atom. The van der Waals surface area contributed by atoms with Gasteiger partial charge in [-0.25, -0.2) is 0 Å². The van der Waals surface area contributed by atoms with Gasteiger partial charge in [0.2, 0.25) is 0 Å². The first-order chi connectivity index (χ1) is 24.0. The molecule has 0 spiro atoms. The van der Waals surface area contributed by atoms with E-state index < -0.39 is 8.07 Å². The SMILES string of the molecule is CC1(C)c2ccccc2N(c2ccc3cc([Si](C)(C)C)ccc3c2)c2ccc3cc(C=C4C(=O)c5cc6ccccc6cc5C4=O)ccc3c21. The molecule has 0 amide bonds. The van der Waals surface area contributed by atoms with Crippen LogP contribution in [0.5, 0.6) is 0 Å². The average molecular weight is 664 g/mol. The van der Waals surface area contributed by atoms with Crippen molar-refractivity contribution in [1.82, 2.24) is 0 Å². The van der Waals surface area contributed by atoms with E-state index in [1.54, 1.807) is 6.08 Å². The van der Waals surface area contributed by atoms with Crippen LogP contribution in [0.2, 0.25) is 19.6 Å². The molecule has 0 atom stereocenters. The molecule has 0 fully saturated rings. The van der Waals surface area contributed by atoms with Crippen LogP contribution in [0.1, 0.15) is 51.3 Å². The minimum absolute atomic E-state index is 0.207. The van der Waals surface area contributed by atoms with Crippen LogP contribution in [0.3, 0.4) is 0 Å². The second-order valence-electron chi connectivity index (χ2n) is 15.4. The van der Waals surface area contributed by atoms with Crippen molar-refractivity contribution in [2.24, 2.45) is 0 Å². The molecule has 50 heavy (non-hydrogen) atoms. The number of ketones is 2. The molecule has 242 valence electrons. The fourth-order valence-corrected chi connectivity index (χ4v) is 9.33. The molecule has 0 aromatic heterocycles. The molecule has 9 rings (SSSR count). The summed E-state index contributed by atoms with van der Waals surface area (Å²) in [7, 11) is -1.43. The molecule has 7 aromatic rings. The minimum Gasteiger partial charge on any atom is -0.310 e. The first kappa shape index (κ1) is 30.5. The van der Waals surface area contributed by atoms with Gasteiger partial charge in [0.05, 0.1) is 25.0 Å². The summed E-state index contributed by atoms with van der Waals surface area (Å²) in [6.07, 6.45) is 1.77. The highest BCUT2D eigenvalue weighted by Crippen LogP contribution is 2.54. The highest BCUT2D eigenvalue weighted by atomic mass is 28.3. The largest absolute Gasteiger partial charge is 0.310 e. The molecule has 7 aromatic carbocycles. The maximum Gasteiger partial charge on any atom is 0.197 e. The quantitative estimate of drug-likeness (QED) is 0.107. The predicted octanol–water partition coefficient (Wildman–Crippen LogP) is 11.3. The third-order valence-corrected chi connectivity index (χ3v) is 12.9. The monoisotopic (exact) mass is 663 g/mol. The summed E-state index contributed by atoms with van der Waals surface area (Å²) in [6, 6.07) is 44.8. The second kappa shape index (κ2) is 10.7. The Labute approximate surface area is 293 Å². The van der Waals surface area contributed by atoms with Gasteiger partial charge in [-0.1, -0.05) is 124 Å². The first-order valence-electron chi connectivity index (χ1n) is 17.3. The van der Waals surface area contributed by atoms with E-state index in [0.29, 0.717) is 11.1 Å². The first-order valence-corrected chi connectivity index (χ1v) is 20.8. The number of para-hydroxylation sites is 1. The van der Waals surface area contributed by atoms with Crippen molar-refractivity contribution in [3.05, 3.63) is 161 Å². The molecule has 0 saturated carbocycles. The van der Waals surface area contributed by atoms with Gasteiger partial charge in [0.25, 0.3) is 0 Å². The highest BCUT2D eigenvalue weighted by molar-refractivity contribution is 6.88. The van der Waals surface area contributed by atoms with E-state index in [1.807, 2.05) is 42.5 Å². The molecule has 0 saturated heterocycles. The lowest BCUT2D eigenvalue weighted by Crippen LogP contribution is -2.37. The van der Waals surface area contributed by atoms with E-state index >= 15 is 0 Å². The Kier molecular flexibility index (Phi) is 6.53. The van der Waals surface area contributed by atoms with Gasteiger partial charge in [-0.15, -0.1) is 0 Å². The van der Waals surface area contributed by atoms with Gasteiger partial charge in [-0.3, -0.25) is 9.59 Å². The Morgan fingerprint density at radius 1 is 0.580 bits per heavy atom. The van der Waals surface area contributed by atoms with Gasteiger partial charge in [0.1, 0.15) is 0 Å². The van der Waals surface area contributed by atoms with Gasteiger partial charge in [-0.05, 0) is 97.5 Å². The molecular formula is C46H37NO2Si. The van der Waals surface area contributed by atoms with Gasteiger partial charge >= 0.3 is 0 Å². The van der Waals surface area contributed by atoms with E-state index in [9.17, 15) is 9.59 Å². The summed E-state index contributed by atoms with van der Waals surface area (Å²) in [4.78, 5) is 29.5. The standard InChI is InChI=1S/C46H37NO2Si/c1-46(2)40-12-8-9-13-41(40)47(34-18-15-32-25-35(50(3,4)5)19-16-31(32)24-34)42-21-17-33-22-28(14-20-36(33)43(42)46)23-39-44(48)37-26-29-10-6-7-11-30(29)27-38(37)45(39)49/h6-27H,1-5H3. The molecule has 0 unspecified atom stereocenters. The van der Waals surface area contributed by atoms with Crippen molar-refractivity contribution in [2.75, 3.05) is 4.90 Å². The van der Waals surface area contributed by atoms with Crippen LogP contribution < -0.4 is 10.1 Å². The fourth-order valence-electron chi connectivity index (χ4n) is 8.16. The normalized spacial score (nSPS) is 15.1. The maximum absolute atomic E-state index is 13.5. The van der Waals surface area contributed by atoms with Crippen LogP contribution in [0.4, 0.5) is 17.1 Å². The van der Waals surface area contributed by atoms with Crippen LogP contribution in [-0.2, 0) is 5.41 Å². The van der Waals surface area contributed by atoms with Crippen molar-refractivity contribution in [2.45, 2.75) is 38.9 Å². The number of Topliss-reactive ketones (excluding diaryl/α,β-unsaturated/α-hetero) is 2. The summed E-state index contributed by atoms with van der Waals surface area (Å²) in [5.41, 5.74) is 7.78. The third kappa shape index (κ3) is 4.55. The number of anilines is 3. The Bertz CT molecular complexity index is 2600. The zero-order valence-electron chi connectivity index (χ0n) is 29.0. The molecule has 4 heteroatoms. The zero-order valence-corrected chi connectivity index (χ0v) is 30.0. The number of hydrogen-bond donors (Lipinski definition) is 0. The van der Waals surface area contributed by atoms with Crippen molar-refractivity contribution < 1.29 is 9.59 Å². The Balaban J connectivity index is 1.16. The maximum atomic E-state index is 13.5. The van der Waals surface area contributed by atoms with E-state index in [0.717, 1.165) is 38.5 Å². The van der Waals surface area contributed by atoms with Gasteiger partial charge in [0, 0.05) is 22.2 Å². The molecule has 3 nitrogen and oxygen atoms in total. The van der Waals surface area contributed by atoms with Crippen LogP contribution in [-0.4, -0.2) is 19.6 Å². The van der Waals surface area contributed by atoms with Crippen molar-refractivity contribution >= 4 is 80.3 Å². The Hall–Kier alpha value is -5.58. The zero-order chi connectivity index (χ0) is 34.5. The highest BCUT2D eigenvalue weighted by Gasteiger charge is 2.38. The molecule has 1 aliphatic heterocycles. The van der Waals surface area contributed by atoms with Crippen molar-refractivity contribution in [3.63, 3.8) is 0 Å². The van der Waals surface area contributed by atoms with Gasteiger partial charge in [0.15, 0.2) is 11.6 Å². The van der Waals surface area contributed by atoms with Crippen LogP contribution in [0, 0.1) is 0 Å². The molecule has 0 N–H and O–H groups in total. The topological polar surface area (TPSA) is 37.4 Å². The Morgan fingerprint density at radius 3 is 1.92 bits per heavy atom. The van der Waals surface area contributed by atoms with E-state index in [2.05, 4.69) is 123 Å². The number of allylic oxidation sites excluding steroid dienone is 1.